The van der Waals surface area contributed by atoms with Gasteiger partial charge in [0.15, 0.2) is 0 Å². The van der Waals surface area contributed by atoms with Gasteiger partial charge in [-0.1, -0.05) is 90.2 Å². The Morgan fingerprint density at radius 2 is 1.50 bits per heavy atom. The van der Waals surface area contributed by atoms with Gasteiger partial charge in [-0.2, -0.15) is 0 Å². The van der Waals surface area contributed by atoms with Gasteiger partial charge in [-0.3, -0.25) is 19.4 Å². The lowest BCUT2D eigenvalue weighted by atomic mass is 10.1. The summed E-state index contributed by atoms with van der Waals surface area (Å²) in [4.78, 5) is 32.5. The summed E-state index contributed by atoms with van der Waals surface area (Å²) in [7, 11) is 0. The molecule has 2 heterocycles. The predicted octanol–water partition coefficient (Wildman–Crippen LogP) is 7.93. The molecule has 4 nitrogen and oxygen atoms in total. The summed E-state index contributed by atoms with van der Waals surface area (Å²) < 4.78 is 0.579. The molecule has 2 aliphatic rings. The molecular weight excluding hydrogens is 528 g/mol. The van der Waals surface area contributed by atoms with Gasteiger partial charge in [0.2, 0.25) is 5.91 Å². The number of anilines is 2. The van der Waals surface area contributed by atoms with Crippen molar-refractivity contribution in [3.05, 3.63) is 88.3 Å². The number of carbonyl (C=O) groups excluding carboxylic acids is 2. The second kappa shape index (κ2) is 11.2. The third-order valence-electron chi connectivity index (χ3n) is 6.00. The van der Waals surface area contributed by atoms with Crippen LogP contribution in [0, 0.1) is 0 Å². The van der Waals surface area contributed by atoms with E-state index < -0.39 is 0 Å². The van der Waals surface area contributed by atoms with Crippen molar-refractivity contribution in [3.63, 3.8) is 0 Å². The SMILES string of the molecule is O=C1C(=Cc2ccc(Cl)cc2)SC(=S)N1CCCCCC(=O)N1c2ccccc2Sc2ccccc21. The van der Waals surface area contributed by atoms with Crippen molar-refractivity contribution in [2.75, 3.05) is 11.4 Å². The fourth-order valence-corrected chi connectivity index (χ4v) is 6.70. The standard InChI is InChI=1S/C28H23ClN2O2S3/c29-20-15-13-19(14-16-20)18-25-27(33)30(28(34)36-25)17-7-1-2-12-26(32)31-21-8-3-5-10-23(21)35-24-11-6-4-9-22(24)31/h3-6,8-11,13-16,18H,1-2,7,12,17H2. The molecule has 1 fully saturated rings. The molecule has 182 valence electrons. The number of thioether (sulfide) groups is 1. The summed E-state index contributed by atoms with van der Waals surface area (Å²) in [6, 6.07) is 23.4. The fourth-order valence-electron chi connectivity index (χ4n) is 4.21. The maximum atomic E-state index is 13.3. The predicted molar refractivity (Wildman–Crippen MR) is 154 cm³/mol. The van der Waals surface area contributed by atoms with Gasteiger partial charge >= 0.3 is 0 Å². The highest BCUT2D eigenvalue weighted by Gasteiger charge is 2.31. The Hall–Kier alpha value is -2.58. The van der Waals surface area contributed by atoms with Crippen LogP contribution in [0.3, 0.4) is 0 Å². The molecule has 0 unspecified atom stereocenters. The van der Waals surface area contributed by atoms with E-state index in [4.69, 9.17) is 23.8 Å². The van der Waals surface area contributed by atoms with Gasteiger partial charge < -0.3 is 0 Å². The summed E-state index contributed by atoms with van der Waals surface area (Å²) in [5.41, 5.74) is 2.80. The second-order valence-corrected chi connectivity index (χ2v) is 11.7. The van der Waals surface area contributed by atoms with E-state index in [2.05, 4.69) is 12.1 Å². The number of benzene rings is 3. The number of unbranched alkanes of at least 4 members (excludes halogenated alkanes) is 2. The van der Waals surface area contributed by atoms with Gasteiger partial charge in [0.05, 0.1) is 16.3 Å². The quantitative estimate of drug-likeness (QED) is 0.170. The summed E-state index contributed by atoms with van der Waals surface area (Å²) in [5, 5.41) is 0.658. The van der Waals surface area contributed by atoms with Crippen LogP contribution in [0.1, 0.15) is 31.2 Å². The molecule has 0 aliphatic carbocycles. The topological polar surface area (TPSA) is 40.6 Å². The van der Waals surface area contributed by atoms with E-state index in [0.717, 1.165) is 46.0 Å². The summed E-state index contributed by atoms with van der Waals surface area (Å²) in [6.45, 7) is 0.558. The van der Waals surface area contributed by atoms with Crippen molar-refractivity contribution >= 4 is 80.9 Å². The van der Waals surface area contributed by atoms with Gasteiger partial charge in [-0.05, 0) is 60.9 Å². The van der Waals surface area contributed by atoms with Crippen LogP contribution in [0.5, 0.6) is 0 Å². The molecule has 2 aliphatic heterocycles. The van der Waals surface area contributed by atoms with Crippen LogP contribution in [-0.4, -0.2) is 27.6 Å². The zero-order valence-electron chi connectivity index (χ0n) is 19.4. The number of rotatable bonds is 7. The third-order valence-corrected chi connectivity index (χ3v) is 8.76. The Balaban J connectivity index is 1.15. The Morgan fingerprint density at radius 3 is 2.17 bits per heavy atom. The molecule has 2 amide bonds. The van der Waals surface area contributed by atoms with Crippen molar-refractivity contribution < 1.29 is 9.59 Å². The maximum Gasteiger partial charge on any atom is 0.266 e. The first kappa shape index (κ1) is 25.1. The van der Waals surface area contributed by atoms with E-state index in [0.29, 0.717) is 27.2 Å². The molecule has 0 aromatic heterocycles. The minimum absolute atomic E-state index is 0.0601. The molecule has 8 heteroatoms. The molecule has 36 heavy (non-hydrogen) atoms. The number of halogens is 1. The van der Waals surface area contributed by atoms with Crippen LogP contribution in [0.15, 0.2) is 87.5 Å². The first-order chi connectivity index (χ1) is 17.5. The van der Waals surface area contributed by atoms with Gasteiger partial charge in [0.1, 0.15) is 4.32 Å². The zero-order chi connectivity index (χ0) is 25.1. The zero-order valence-corrected chi connectivity index (χ0v) is 22.6. The molecule has 3 aromatic carbocycles. The number of thiocarbonyl (C=S) groups is 1. The number of carbonyl (C=O) groups is 2. The highest BCUT2D eigenvalue weighted by Crippen LogP contribution is 2.48. The Bertz CT molecular complexity index is 1310. The van der Waals surface area contributed by atoms with Gasteiger partial charge in [-0.25, -0.2) is 0 Å². The van der Waals surface area contributed by atoms with Crippen LogP contribution >= 0.6 is 47.3 Å². The monoisotopic (exact) mass is 550 g/mol. The van der Waals surface area contributed by atoms with Crippen molar-refractivity contribution in [2.45, 2.75) is 35.5 Å². The van der Waals surface area contributed by atoms with Gasteiger partial charge in [0.25, 0.3) is 5.91 Å². The third kappa shape index (κ3) is 5.39. The summed E-state index contributed by atoms with van der Waals surface area (Å²) in [6.07, 6.45) is 4.67. The maximum absolute atomic E-state index is 13.3. The molecule has 3 aromatic rings. The lowest BCUT2D eigenvalue weighted by molar-refractivity contribution is -0.122. The lowest BCUT2D eigenvalue weighted by Gasteiger charge is -2.31. The minimum atomic E-state index is -0.0601. The molecule has 0 atom stereocenters. The van der Waals surface area contributed by atoms with Gasteiger partial charge in [-0.15, -0.1) is 0 Å². The number of fused-ring (bicyclic) bond motifs is 2. The molecule has 0 saturated carbocycles. The molecular formula is C28H23ClN2O2S3. The fraction of sp³-hybridized carbons (Fsp3) is 0.179. The van der Waals surface area contributed by atoms with Crippen molar-refractivity contribution in [1.29, 1.82) is 0 Å². The van der Waals surface area contributed by atoms with Crippen LogP contribution in [0.2, 0.25) is 5.02 Å². The molecule has 0 N–H and O–H groups in total. The Labute approximate surface area is 229 Å². The molecule has 5 rings (SSSR count). The van der Waals surface area contributed by atoms with E-state index in [9.17, 15) is 9.59 Å². The number of para-hydroxylation sites is 2. The second-order valence-electron chi connectivity index (χ2n) is 8.46. The number of hydrogen-bond acceptors (Lipinski definition) is 5. The average Bonchev–Trinajstić information content (AvgIpc) is 3.15. The average molecular weight is 551 g/mol. The van der Waals surface area contributed by atoms with Crippen LogP contribution < -0.4 is 4.90 Å². The number of amides is 2. The Morgan fingerprint density at radius 1 is 0.861 bits per heavy atom. The Kier molecular flexibility index (Phi) is 7.82. The van der Waals surface area contributed by atoms with Crippen molar-refractivity contribution in [3.8, 4) is 0 Å². The summed E-state index contributed by atoms with van der Waals surface area (Å²) in [5.74, 6) is 0.0294. The molecule has 0 bridgehead atoms. The van der Waals surface area contributed by atoms with Crippen molar-refractivity contribution in [2.24, 2.45) is 0 Å². The molecule has 1 saturated heterocycles. The largest absolute Gasteiger partial charge is 0.293 e. The summed E-state index contributed by atoms with van der Waals surface area (Å²) >= 11 is 14.4. The van der Waals surface area contributed by atoms with E-state index in [1.165, 1.54) is 11.8 Å². The van der Waals surface area contributed by atoms with E-state index >= 15 is 0 Å². The van der Waals surface area contributed by atoms with Crippen LogP contribution in [0.25, 0.3) is 6.08 Å². The normalized spacial score (nSPS) is 15.9. The number of nitrogens with zero attached hydrogens (tertiary/aromatic N) is 2. The number of hydrogen-bond donors (Lipinski definition) is 0. The van der Waals surface area contributed by atoms with E-state index in [1.807, 2.05) is 59.5 Å². The molecule has 0 radical (unpaired) electrons. The smallest absolute Gasteiger partial charge is 0.266 e. The van der Waals surface area contributed by atoms with Crippen LogP contribution in [-0.2, 0) is 9.59 Å². The first-order valence-corrected chi connectivity index (χ1v) is 14.1. The van der Waals surface area contributed by atoms with E-state index in [-0.39, 0.29) is 11.8 Å². The minimum Gasteiger partial charge on any atom is -0.293 e. The van der Waals surface area contributed by atoms with E-state index in [1.54, 1.807) is 28.8 Å². The van der Waals surface area contributed by atoms with Crippen LogP contribution in [0.4, 0.5) is 11.4 Å². The first-order valence-electron chi connectivity index (χ1n) is 11.7. The van der Waals surface area contributed by atoms with Gasteiger partial charge in [0, 0.05) is 27.8 Å². The highest BCUT2D eigenvalue weighted by molar-refractivity contribution is 8.26. The van der Waals surface area contributed by atoms with Crippen molar-refractivity contribution in [1.82, 2.24) is 4.90 Å². The molecule has 0 spiro atoms. The lowest BCUT2D eigenvalue weighted by Crippen LogP contribution is -2.29. The highest BCUT2D eigenvalue weighted by atomic mass is 35.5.